The normalized spacial score (nSPS) is 13.9. The molecule has 1 aliphatic rings. The molecule has 8 nitrogen and oxygen atoms in total. The summed E-state index contributed by atoms with van der Waals surface area (Å²) >= 11 is 7.01. The Labute approximate surface area is 259 Å². The van der Waals surface area contributed by atoms with Gasteiger partial charge in [0.05, 0.1) is 29.4 Å². The molecular weight excluding hydrogens is 671 g/mol. The van der Waals surface area contributed by atoms with E-state index in [0.717, 1.165) is 30.2 Å². The average Bonchev–Trinajstić information content (AvgIpc) is 2.99. The summed E-state index contributed by atoms with van der Waals surface area (Å²) in [6.07, 6.45) is 6.85. The molecule has 1 amide bonds. The molecule has 42 heavy (non-hydrogen) atoms. The maximum Gasteiger partial charge on any atom is 0.282 e. The first kappa shape index (κ1) is 29.9. The molecule has 0 unspecified atom stereocenters. The number of carbonyl (C=O) groups excluding carboxylic acids is 1. The molecule has 0 atom stereocenters. The minimum Gasteiger partial charge on any atom is -0.490 e. The minimum absolute atomic E-state index is 0.0715. The van der Waals surface area contributed by atoms with E-state index in [9.17, 15) is 14.0 Å². The highest BCUT2D eigenvalue weighted by atomic mass is 79.9. The molecule has 11 heteroatoms. The van der Waals surface area contributed by atoms with E-state index in [4.69, 9.17) is 14.5 Å². The maximum absolute atomic E-state index is 13.9. The zero-order chi connectivity index (χ0) is 29.6. The molecule has 5 rings (SSSR count). The zero-order valence-corrected chi connectivity index (χ0v) is 26.1. The van der Waals surface area contributed by atoms with Crippen LogP contribution in [-0.4, -0.2) is 35.0 Å². The lowest BCUT2D eigenvalue weighted by molar-refractivity contribution is -0.118. The molecule has 0 radical (unpaired) electrons. The van der Waals surface area contributed by atoms with Crippen LogP contribution in [0.2, 0.25) is 0 Å². The first-order valence-electron chi connectivity index (χ1n) is 13.7. The van der Waals surface area contributed by atoms with Crippen LogP contribution in [0.4, 0.5) is 10.1 Å². The lowest BCUT2D eigenvalue weighted by atomic mass is 9.88. The number of ether oxygens (including phenoxy) is 2. The fourth-order valence-corrected chi connectivity index (χ4v) is 5.73. The number of rotatable bonds is 9. The molecule has 0 saturated heterocycles. The predicted octanol–water partition coefficient (Wildman–Crippen LogP) is 7.41. The van der Waals surface area contributed by atoms with Crippen LogP contribution in [0.15, 0.2) is 73.4 Å². The smallest absolute Gasteiger partial charge is 0.282 e. The molecule has 0 spiro atoms. The largest absolute Gasteiger partial charge is 0.490 e. The number of fused-ring (bicyclic) bond motifs is 1. The summed E-state index contributed by atoms with van der Waals surface area (Å²) < 4.78 is 28.2. The van der Waals surface area contributed by atoms with Gasteiger partial charge in [-0.25, -0.2) is 9.37 Å². The fourth-order valence-electron chi connectivity index (χ4n) is 4.95. The van der Waals surface area contributed by atoms with E-state index < -0.39 is 11.7 Å². The van der Waals surface area contributed by atoms with E-state index in [1.165, 1.54) is 23.2 Å². The molecular formula is C31H29Br2FN4O4. The quantitative estimate of drug-likeness (QED) is 0.184. The van der Waals surface area contributed by atoms with Gasteiger partial charge in [0.15, 0.2) is 18.1 Å². The fraction of sp³-hybridized carbons (Fsp3) is 0.290. The van der Waals surface area contributed by atoms with E-state index in [0.29, 0.717) is 44.9 Å². The molecule has 0 bridgehead atoms. The van der Waals surface area contributed by atoms with Gasteiger partial charge in [-0.1, -0.05) is 47.3 Å². The number of nitrogens with one attached hydrogen (secondary N) is 1. The topological polar surface area (TPSA) is 94.8 Å². The highest BCUT2D eigenvalue weighted by molar-refractivity contribution is 9.10. The number of hydrogen-bond acceptors (Lipinski definition) is 6. The summed E-state index contributed by atoms with van der Waals surface area (Å²) in [5.41, 5.74) is 1.12. The van der Waals surface area contributed by atoms with E-state index in [2.05, 4.69) is 42.3 Å². The second-order valence-corrected chi connectivity index (χ2v) is 11.7. The van der Waals surface area contributed by atoms with Gasteiger partial charge >= 0.3 is 0 Å². The van der Waals surface area contributed by atoms with Crippen molar-refractivity contribution < 1.29 is 18.7 Å². The van der Waals surface area contributed by atoms with E-state index in [1.54, 1.807) is 36.5 Å². The van der Waals surface area contributed by atoms with Crippen LogP contribution in [0.3, 0.4) is 0 Å². The average molecular weight is 700 g/mol. The van der Waals surface area contributed by atoms with Gasteiger partial charge in [-0.2, -0.15) is 9.78 Å². The summed E-state index contributed by atoms with van der Waals surface area (Å²) in [5.74, 6) is 0.461. The van der Waals surface area contributed by atoms with Crippen molar-refractivity contribution in [3.8, 4) is 11.5 Å². The molecule has 1 saturated carbocycles. The first-order valence-corrected chi connectivity index (χ1v) is 15.3. The number of hydrogen-bond donors (Lipinski definition) is 1. The first-order chi connectivity index (χ1) is 20.3. The van der Waals surface area contributed by atoms with Crippen LogP contribution >= 0.6 is 31.9 Å². The van der Waals surface area contributed by atoms with Gasteiger partial charge in [-0.05, 0) is 78.2 Å². The van der Waals surface area contributed by atoms with Crippen molar-refractivity contribution in [2.75, 3.05) is 18.5 Å². The number of halogens is 3. The number of amides is 1. The second kappa shape index (κ2) is 13.6. The Balaban J connectivity index is 1.44. The Morgan fingerprint density at radius 1 is 1.10 bits per heavy atom. The third-order valence-electron chi connectivity index (χ3n) is 6.99. The Morgan fingerprint density at radius 3 is 2.62 bits per heavy atom. The van der Waals surface area contributed by atoms with Gasteiger partial charge in [0.2, 0.25) is 0 Å². The Hall–Kier alpha value is -3.57. The van der Waals surface area contributed by atoms with Crippen molar-refractivity contribution in [3.63, 3.8) is 0 Å². The summed E-state index contributed by atoms with van der Waals surface area (Å²) in [4.78, 5) is 30.9. The molecule has 4 aromatic rings. The SMILES string of the molecule is CCOc1cc(C=Nn2c(C3CCCCC3)nc3ccc(Br)cc3c2=O)c(Br)cc1OCC(=O)Nc1ccccc1F. The highest BCUT2D eigenvalue weighted by Crippen LogP contribution is 2.34. The standard InChI is InChI=1S/C31H29Br2FN4O4/c1-2-41-27-14-20(23(33)16-28(27)42-18-29(39)36-26-11-7-6-10-24(26)34)17-35-38-30(19-8-4-3-5-9-19)37-25-13-12-21(32)15-22(25)31(38)40/h6-7,10-17,19H,2-5,8-9,18H2,1H3,(H,36,39). The van der Waals surface area contributed by atoms with Crippen LogP contribution in [0.5, 0.6) is 11.5 Å². The van der Waals surface area contributed by atoms with E-state index in [1.807, 2.05) is 19.1 Å². The molecule has 1 fully saturated rings. The van der Waals surface area contributed by atoms with Gasteiger partial charge in [0.1, 0.15) is 11.6 Å². The van der Waals surface area contributed by atoms with Gasteiger partial charge in [-0.3, -0.25) is 9.59 Å². The molecule has 1 heterocycles. The summed E-state index contributed by atoms with van der Waals surface area (Å²) in [6, 6.07) is 14.8. The Kier molecular flexibility index (Phi) is 9.69. The van der Waals surface area contributed by atoms with Crippen LogP contribution in [0, 0.1) is 5.82 Å². The summed E-state index contributed by atoms with van der Waals surface area (Å²) in [6.45, 7) is 1.83. The number of para-hydroxylation sites is 1. The number of benzene rings is 3. The third kappa shape index (κ3) is 6.90. The van der Waals surface area contributed by atoms with Crippen LogP contribution < -0.4 is 20.3 Å². The molecule has 0 aliphatic heterocycles. The lowest BCUT2D eigenvalue weighted by Crippen LogP contribution is -2.25. The monoisotopic (exact) mass is 698 g/mol. The van der Waals surface area contributed by atoms with Crippen LogP contribution in [0.1, 0.15) is 56.3 Å². The van der Waals surface area contributed by atoms with Crippen molar-refractivity contribution in [2.45, 2.75) is 44.9 Å². The maximum atomic E-state index is 13.9. The number of anilines is 1. The Morgan fingerprint density at radius 2 is 1.86 bits per heavy atom. The Bertz CT molecular complexity index is 1700. The van der Waals surface area contributed by atoms with Crippen molar-refractivity contribution in [1.29, 1.82) is 0 Å². The summed E-state index contributed by atoms with van der Waals surface area (Å²) in [7, 11) is 0. The number of aromatic nitrogens is 2. The predicted molar refractivity (Wildman–Crippen MR) is 168 cm³/mol. The van der Waals surface area contributed by atoms with Crippen molar-refractivity contribution in [1.82, 2.24) is 9.66 Å². The minimum atomic E-state index is -0.535. The molecule has 218 valence electrons. The second-order valence-electron chi connectivity index (χ2n) is 9.90. The third-order valence-corrected chi connectivity index (χ3v) is 8.17. The molecule has 3 aromatic carbocycles. The summed E-state index contributed by atoms with van der Waals surface area (Å²) in [5, 5.41) is 7.60. The molecule has 1 aromatic heterocycles. The highest BCUT2D eigenvalue weighted by Gasteiger charge is 2.23. The van der Waals surface area contributed by atoms with Gasteiger partial charge in [-0.15, -0.1) is 0 Å². The molecule has 1 N–H and O–H groups in total. The van der Waals surface area contributed by atoms with E-state index >= 15 is 0 Å². The van der Waals surface area contributed by atoms with Crippen LogP contribution in [0.25, 0.3) is 10.9 Å². The van der Waals surface area contributed by atoms with Crippen LogP contribution in [-0.2, 0) is 4.79 Å². The van der Waals surface area contributed by atoms with E-state index in [-0.39, 0.29) is 23.8 Å². The lowest BCUT2D eigenvalue weighted by Gasteiger charge is -2.22. The van der Waals surface area contributed by atoms with Gasteiger partial charge in [0.25, 0.3) is 11.5 Å². The van der Waals surface area contributed by atoms with Gasteiger partial charge < -0.3 is 14.8 Å². The van der Waals surface area contributed by atoms with Crippen molar-refractivity contribution >= 4 is 60.6 Å². The van der Waals surface area contributed by atoms with Gasteiger partial charge in [0, 0.05) is 20.4 Å². The zero-order valence-electron chi connectivity index (χ0n) is 22.9. The van der Waals surface area contributed by atoms with Crippen molar-refractivity contribution in [2.24, 2.45) is 5.10 Å². The number of nitrogens with zero attached hydrogens (tertiary/aromatic N) is 3. The number of carbonyl (C=O) groups is 1. The van der Waals surface area contributed by atoms with Crippen molar-refractivity contribution in [3.05, 3.63) is 91.1 Å². The molecule has 1 aliphatic carbocycles.